The fraction of sp³-hybridized carbons (Fsp3) is 0.833. The van der Waals surface area contributed by atoms with Gasteiger partial charge in [-0.25, -0.2) is 4.79 Å². The quantitative estimate of drug-likeness (QED) is 0.774. The molecule has 0 saturated carbocycles. The zero-order chi connectivity index (χ0) is 13.6. The summed E-state index contributed by atoms with van der Waals surface area (Å²) in [4.78, 5) is 23.8. The monoisotopic (exact) mass is 244 g/mol. The van der Waals surface area contributed by atoms with Crippen molar-refractivity contribution in [2.24, 2.45) is 11.3 Å². The Hall–Kier alpha value is -1.26. The molecule has 0 heterocycles. The van der Waals surface area contributed by atoms with Gasteiger partial charge in [0.1, 0.15) is 6.54 Å². The van der Waals surface area contributed by atoms with Crippen LogP contribution in [0.1, 0.15) is 34.6 Å². The molecule has 0 bridgehead atoms. The van der Waals surface area contributed by atoms with E-state index in [2.05, 4.69) is 5.32 Å². The molecule has 0 atom stereocenters. The van der Waals surface area contributed by atoms with E-state index in [0.717, 1.165) is 0 Å². The Bertz CT molecular complexity index is 269. The highest BCUT2D eigenvalue weighted by Gasteiger charge is 2.19. The number of nitrogens with one attached hydrogen (secondary N) is 1. The number of aliphatic carboxylic acids is 1. The van der Waals surface area contributed by atoms with Gasteiger partial charge in [-0.2, -0.15) is 0 Å². The first-order valence-corrected chi connectivity index (χ1v) is 5.86. The molecule has 0 fully saturated rings. The lowest BCUT2D eigenvalue weighted by atomic mass is 9.97. The predicted molar refractivity (Wildman–Crippen MR) is 66.9 cm³/mol. The molecule has 0 radical (unpaired) electrons. The summed E-state index contributed by atoms with van der Waals surface area (Å²) in [6.45, 7) is 10.7. The number of rotatable bonds is 5. The van der Waals surface area contributed by atoms with E-state index in [1.807, 2.05) is 34.6 Å². The summed E-state index contributed by atoms with van der Waals surface area (Å²) in [6, 6.07) is -0.309. The Morgan fingerprint density at radius 1 is 1.29 bits per heavy atom. The van der Waals surface area contributed by atoms with Crippen LogP contribution >= 0.6 is 0 Å². The van der Waals surface area contributed by atoms with Crippen LogP contribution in [0.15, 0.2) is 0 Å². The van der Waals surface area contributed by atoms with Crippen molar-refractivity contribution >= 4 is 12.0 Å². The molecule has 0 aromatic heterocycles. The third-order valence-electron chi connectivity index (χ3n) is 1.97. The number of carbonyl (C=O) groups excluding carboxylic acids is 1. The van der Waals surface area contributed by atoms with Crippen molar-refractivity contribution in [1.82, 2.24) is 10.2 Å². The van der Waals surface area contributed by atoms with E-state index in [9.17, 15) is 9.59 Å². The molecule has 100 valence electrons. The SMILES string of the molecule is CC(C)CN(CC(=O)O)C(=O)NCC(C)(C)C. The average molecular weight is 244 g/mol. The minimum atomic E-state index is -0.989. The number of urea groups is 1. The van der Waals surface area contributed by atoms with E-state index in [1.54, 1.807) is 0 Å². The van der Waals surface area contributed by atoms with Gasteiger partial charge in [0, 0.05) is 13.1 Å². The lowest BCUT2D eigenvalue weighted by molar-refractivity contribution is -0.137. The zero-order valence-electron chi connectivity index (χ0n) is 11.4. The summed E-state index contributed by atoms with van der Waals surface area (Å²) < 4.78 is 0. The number of hydrogen-bond donors (Lipinski definition) is 2. The molecule has 2 N–H and O–H groups in total. The Morgan fingerprint density at radius 3 is 2.18 bits per heavy atom. The van der Waals surface area contributed by atoms with Gasteiger partial charge in [-0.05, 0) is 11.3 Å². The van der Waals surface area contributed by atoms with E-state index in [4.69, 9.17) is 5.11 Å². The minimum absolute atomic E-state index is 0.0115. The summed E-state index contributed by atoms with van der Waals surface area (Å²) in [5, 5.41) is 11.5. The lowest BCUT2D eigenvalue weighted by Crippen LogP contribution is -2.46. The van der Waals surface area contributed by atoms with E-state index < -0.39 is 5.97 Å². The third-order valence-corrected chi connectivity index (χ3v) is 1.97. The number of amides is 2. The summed E-state index contributed by atoms with van der Waals surface area (Å²) in [5.41, 5.74) is -0.0115. The maximum absolute atomic E-state index is 11.8. The van der Waals surface area contributed by atoms with Crippen molar-refractivity contribution in [3.63, 3.8) is 0 Å². The van der Waals surface area contributed by atoms with E-state index >= 15 is 0 Å². The molecule has 0 saturated heterocycles. The number of hydrogen-bond acceptors (Lipinski definition) is 2. The first kappa shape index (κ1) is 15.7. The molecule has 0 aliphatic rings. The second kappa shape index (κ2) is 6.47. The second-order valence-electron chi connectivity index (χ2n) is 5.89. The molecule has 17 heavy (non-hydrogen) atoms. The van der Waals surface area contributed by atoms with Gasteiger partial charge < -0.3 is 15.3 Å². The Kier molecular flexibility index (Phi) is 5.99. The van der Waals surface area contributed by atoms with Crippen molar-refractivity contribution in [3.8, 4) is 0 Å². The first-order chi connectivity index (χ1) is 7.61. The third kappa shape index (κ3) is 8.54. The van der Waals surface area contributed by atoms with Gasteiger partial charge in [-0.15, -0.1) is 0 Å². The largest absolute Gasteiger partial charge is 0.480 e. The van der Waals surface area contributed by atoms with Crippen molar-refractivity contribution < 1.29 is 14.7 Å². The Morgan fingerprint density at radius 2 is 1.82 bits per heavy atom. The Labute approximate surface area is 103 Å². The summed E-state index contributed by atoms with van der Waals surface area (Å²) in [7, 11) is 0. The highest BCUT2D eigenvalue weighted by Crippen LogP contribution is 2.10. The molecule has 0 aromatic carbocycles. The van der Waals surface area contributed by atoms with Crippen LogP contribution < -0.4 is 5.32 Å². The molecular formula is C12H24N2O3. The fourth-order valence-electron chi connectivity index (χ4n) is 1.28. The van der Waals surface area contributed by atoms with Crippen LogP contribution in [0.4, 0.5) is 4.79 Å². The van der Waals surface area contributed by atoms with Gasteiger partial charge in [0.15, 0.2) is 0 Å². The maximum Gasteiger partial charge on any atom is 0.323 e. The standard InChI is InChI=1S/C12H24N2O3/c1-9(2)6-14(7-10(15)16)11(17)13-8-12(3,4)5/h9H,6-8H2,1-5H3,(H,13,17)(H,15,16). The van der Waals surface area contributed by atoms with E-state index in [0.29, 0.717) is 13.1 Å². The lowest BCUT2D eigenvalue weighted by Gasteiger charge is -2.26. The number of carboxylic acid groups (broad SMARTS) is 1. The molecular weight excluding hydrogens is 220 g/mol. The van der Waals surface area contributed by atoms with Gasteiger partial charge in [0.05, 0.1) is 0 Å². The highest BCUT2D eigenvalue weighted by atomic mass is 16.4. The molecule has 0 rings (SSSR count). The smallest absolute Gasteiger partial charge is 0.323 e. The van der Waals surface area contributed by atoms with Crippen LogP contribution in [-0.4, -0.2) is 41.6 Å². The minimum Gasteiger partial charge on any atom is -0.480 e. The van der Waals surface area contributed by atoms with Crippen LogP contribution in [0.3, 0.4) is 0 Å². The van der Waals surface area contributed by atoms with Gasteiger partial charge in [-0.1, -0.05) is 34.6 Å². The van der Waals surface area contributed by atoms with E-state index in [-0.39, 0.29) is 23.9 Å². The van der Waals surface area contributed by atoms with Gasteiger partial charge in [-0.3, -0.25) is 4.79 Å². The summed E-state index contributed by atoms with van der Waals surface area (Å²) in [6.07, 6.45) is 0. The highest BCUT2D eigenvalue weighted by molar-refractivity contribution is 5.80. The van der Waals surface area contributed by atoms with Gasteiger partial charge >= 0.3 is 12.0 Å². The van der Waals surface area contributed by atoms with Crippen LogP contribution in [0.5, 0.6) is 0 Å². The first-order valence-electron chi connectivity index (χ1n) is 5.86. The van der Waals surface area contributed by atoms with Crippen molar-refractivity contribution in [1.29, 1.82) is 0 Å². The molecule has 0 unspecified atom stereocenters. The van der Waals surface area contributed by atoms with Crippen LogP contribution in [0.25, 0.3) is 0 Å². The van der Waals surface area contributed by atoms with Crippen LogP contribution in [-0.2, 0) is 4.79 Å². The Balaban J connectivity index is 4.37. The van der Waals surface area contributed by atoms with Gasteiger partial charge in [0.2, 0.25) is 0 Å². The average Bonchev–Trinajstić information content (AvgIpc) is 2.10. The fourth-order valence-corrected chi connectivity index (χ4v) is 1.28. The van der Waals surface area contributed by atoms with Crippen molar-refractivity contribution in [2.75, 3.05) is 19.6 Å². The zero-order valence-corrected chi connectivity index (χ0v) is 11.4. The molecule has 5 nitrogen and oxygen atoms in total. The molecule has 0 aromatic rings. The molecule has 5 heteroatoms. The molecule has 2 amide bonds. The second-order valence-corrected chi connectivity index (χ2v) is 5.89. The topological polar surface area (TPSA) is 69.6 Å². The van der Waals surface area contributed by atoms with E-state index in [1.165, 1.54) is 4.90 Å². The van der Waals surface area contributed by atoms with Crippen LogP contribution in [0.2, 0.25) is 0 Å². The molecule has 0 aliphatic carbocycles. The number of nitrogens with zero attached hydrogens (tertiary/aromatic N) is 1. The number of carbonyl (C=O) groups is 2. The summed E-state index contributed by atoms with van der Waals surface area (Å²) in [5.74, 6) is -0.744. The maximum atomic E-state index is 11.8. The number of carboxylic acids is 1. The van der Waals surface area contributed by atoms with Crippen molar-refractivity contribution in [2.45, 2.75) is 34.6 Å². The van der Waals surface area contributed by atoms with Crippen molar-refractivity contribution in [3.05, 3.63) is 0 Å². The predicted octanol–water partition coefficient (Wildman–Crippen LogP) is 1.78. The summed E-state index contributed by atoms with van der Waals surface area (Å²) >= 11 is 0. The molecule has 0 aliphatic heterocycles. The normalized spacial score (nSPS) is 11.4. The van der Waals surface area contributed by atoms with Crippen LogP contribution in [0, 0.1) is 11.3 Å². The van der Waals surface area contributed by atoms with Gasteiger partial charge in [0.25, 0.3) is 0 Å². The molecule has 0 spiro atoms.